The largest absolute Gasteiger partial charge is 0.497 e. The van der Waals surface area contributed by atoms with E-state index < -0.39 is 266 Å². The molecule has 33 heteroatoms. The highest BCUT2D eigenvalue weighted by molar-refractivity contribution is 5.87. The van der Waals surface area contributed by atoms with Gasteiger partial charge >= 0.3 is 23.9 Å². The van der Waals surface area contributed by atoms with Gasteiger partial charge in [-0.05, 0) is 130 Å². The van der Waals surface area contributed by atoms with Crippen molar-refractivity contribution in [2.75, 3.05) is 33.5 Å². The Morgan fingerprint density at radius 2 is 1.18 bits per heavy atom. The Morgan fingerprint density at radius 3 is 1.82 bits per heavy atom. The fraction of sp³-hybridized carbons (Fsp3) is 0.803. The topological polar surface area (TPSA) is 512 Å². The summed E-state index contributed by atoms with van der Waals surface area (Å²) >= 11 is 0. The molecule has 0 aromatic heterocycles. The Bertz CT molecular complexity index is 3260. The summed E-state index contributed by atoms with van der Waals surface area (Å²) in [5.41, 5.74) is -6.65. The number of benzene rings is 1. The Morgan fingerprint density at radius 1 is 0.596 bits per heavy atom. The molecule has 5 aliphatic carbocycles. The molecular weight excluding hydrogens is 1380 g/mol. The number of ether oxygens (including phenoxy) is 13. The molecule has 5 heterocycles. The van der Waals surface area contributed by atoms with Gasteiger partial charge in [-0.15, -0.1) is 0 Å². The second-order valence-corrected chi connectivity index (χ2v) is 31.7. The third-order valence-corrected chi connectivity index (χ3v) is 25.1. The molecule has 0 unspecified atom stereocenters. The zero-order valence-electron chi connectivity index (χ0n) is 59.4. The number of rotatable bonds is 19. The lowest BCUT2D eigenvalue weighted by atomic mass is 9.33. The molecule has 0 bridgehead atoms. The van der Waals surface area contributed by atoms with Gasteiger partial charge in [-0.2, -0.15) is 0 Å². The number of esters is 3. The normalized spacial score (nSPS) is 48.6. The van der Waals surface area contributed by atoms with E-state index in [2.05, 4.69) is 0 Å². The van der Waals surface area contributed by atoms with Crippen LogP contribution >= 0.6 is 0 Å². The summed E-state index contributed by atoms with van der Waals surface area (Å²) in [5.74, 6) is -6.01. The summed E-state index contributed by atoms with van der Waals surface area (Å²) in [7, 11) is 1.47. The summed E-state index contributed by atoms with van der Waals surface area (Å²) in [4.78, 5) is 56.7. The van der Waals surface area contributed by atoms with E-state index in [4.69, 9.17) is 61.6 Å². The maximum absolute atomic E-state index is 16.4. The van der Waals surface area contributed by atoms with Gasteiger partial charge in [-0.3, -0.25) is 14.4 Å². The lowest BCUT2D eigenvalue weighted by Gasteiger charge is -2.71. The zero-order chi connectivity index (χ0) is 76.0. The number of aliphatic carboxylic acids is 1. The van der Waals surface area contributed by atoms with Crippen molar-refractivity contribution in [2.24, 2.45) is 50.2 Å². The predicted octanol–water partition coefficient (Wildman–Crippen LogP) is -2.69. The summed E-state index contributed by atoms with van der Waals surface area (Å²) in [6.45, 7) is 10.5. The van der Waals surface area contributed by atoms with Crippen LogP contribution in [0.3, 0.4) is 0 Å². The molecule has 9 fully saturated rings. The number of carbonyl (C=O) groups is 4. The van der Waals surface area contributed by atoms with Crippen LogP contribution in [-0.2, 0) is 76.0 Å². The third kappa shape index (κ3) is 14.1. The van der Waals surface area contributed by atoms with Gasteiger partial charge in [0.25, 0.3) is 0 Å². The summed E-state index contributed by atoms with van der Waals surface area (Å²) in [5, 5.41) is 181. The highest BCUT2D eigenvalue weighted by atomic mass is 16.8. The molecule has 1 aromatic rings. The number of methoxy groups -OCH3 is 1. The maximum atomic E-state index is 16.4. The predicted molar refractivity (Wildman–Crippen MR) is 348 cm³/mol. The van der Waals surface area contributed by atoms with E-state index >= 15 is 4.79 Å². The molecule has 1 aromatic carbocycles. The number of allylic oxidation sites excluding steroid dienone is 1. The van der Waals surface area contributed by atoms with Gasteiger partial charge in [0, 0.05) is 18.4 Å². The molecule has 0 radical (unpaired) electrons. The first-order chi connectivity index (χ1) is 48.9. The van der Waals surface area contributed by atoms with E-state index in [-0.39, 0.29) is 51.4 Å². The summed E-state index contributed by atoms with van der Waals surface area (Å²) in [6, 6.07) is 6.55. The van der Waals surface area contributed by atoms with E-state index in [0.717, 1.165) is 13.0 Å². The third-order valence-electron chi connectivity index (χ3n) is 25.1. The Hall–Kier alpha value is -4.58. The van der Waals surface area contributed by atoms with Crippen LogP contribution < -0.4 is 4.74 Å². The average Bonchev–Trinajstić information content (AvgIpc) is 0.667. The van der Waals surface area contributed by atoms with E-state index in [9.17, 15) is 96.1 Å². The molecule has 104 heavy (non-hydrogen) atoms. The van der Waals surface area contributed by atoms with Crippen molar-refractivity contribution in [3.63, 3.8) is 0 Å². The van der Waals surface area contributed by atoms with Crippen molar-refractivity contribution in [3.05, 3.63) is 47.6 Å². The number of hydrogen-bond donors (Lipinski definition) is 16. The van der Waals surface area contributed by atoms with Crippen molar-refractivity contribution in [1.82, 2.24) is 0 Å². The quantitative estimate of drug-likeness (QED) is 0.0220. The van der Waals surface area contributed by atoms with Crippen LogP contribution in [0.15, 0.2) is 42.0 Å². The fourth-order valence-electron chi connectivity index (χ4n) is 19.4. The smallest absolute Gasteiger partial charge is 0.331 e. The molecule has 33 nitrogen and oxygen atoms in total. The Labute approximate surface area is 600 Å². The number of fused-ring (bicyclic) bond motifs is 7. The van der Waals surface area contributed by atoms with Crippen LogP contribution in [-0.4, -0.2) is 305 Å². The molecule has 586 valence electrons. The SMILES string of the molecule is COc1ccc(/C=C/C(=O)O[C@@H]2[C@H](O[C@@H]3O[C@H](COC(C)=O)[C@@H](O)[C@H](O)[C@H]3O)[C@@H](O[C@@H]3O[C@@H](C)[C@H](O[C@@H]4OC[C@@H](O)[C@H](O)[C@H]4O)[C@@H](O)[C@H]3O)[C@H](OC(=O)[C@@]34CC[C@]5(CO)C(=CC[C@@H]6[C@@]7(C)C[C@H](O)[C@H](O[C@H]8O[C@H](CO)[C@@H](O)[C@H](O)[C@H]8O)[C@@](C)(C(=O)O)[C@@H]7CC[C@]65C)[C@@H]3CC(C)(C)C[C@H]4O)O[C@@H]2C)cc1. The lowest BCUT2D eigenvalue weighted by Crippen LogP contribution is -2.71. The van der Waals surface area contributed by atoms with Crippen LogP contribution in [0, 0.1) is 50.2 Å². The number of carboxylic acid groups (broad SMARTS) is 1. The molecule has 16 N–H and O–H groups in total. The van der Waals surface area contributed by atoms with E-state index in [1.54, 1.807) is 24.3 Å². The van der Waals surface area contributed by atoms with Crippen molar-refractivity contribution < 1.29 is 162 Å². The number of aliphatic hydroxyl groups is 15. The van der Waals surface area contributed by atoms with E-state index in [1.807, 2.05) is 33.8 Å². The first-order valence-corrected chi connectivity index (χ1v) is 35.6. The molecule has 5 aliphatic heterocycles. The minimum absolute atomic E-state index is 0.00656. The van der Waals surface area contributed by atoms with Crippen LogP contribution in [0.5, 0.6) is 5.75 Å². The standard InChI is InChI=1S/C71H104O33/c1-29-54(100-59-50(85)44(79)37(76)26-94-59)49(84)53(88)60(95-29)102-57-56(101-61-51(86)48(83)46(81)39(98-61)27-93-31(3)74)55(99-43(78)17-12-32-10-13-33(92-9)14-11-32)30(2)96-63(57)104-65(91)71-21-20-70(28-73)34(35(71)22-66(4,5)24-42(71)77)15-16-40-67(6)23-36(75)58(69(8,64(89)90)41(67)18-19-68(40,70)7)103-62-52(87)47(82)45(80)38(25-72)97-62/h10-15,17,29-30,35-42,44-63,72-73,75-77,79-88H,16,18-28H2,1-9H3,(H,89,90)/b17-12+/t29-,30+,35-,36-,37+,38+,39+,40+,41+,42+,44-,45+,46+,47-,48-,49-,50+,51+,52+,53+,54-,55-,56-,57+,58-,59-,60-,61-,62+,63-,67+,68+,69-,70-,71-/m0/s1. The van der Waals surface area contributed by atoms with Crippen LogP contribution in [0.25, 0.3) is 6.08 Å². The number of hydrogen-bond acceptors (Lipinski definition) is 32. The van der Waals surface area contributed by atoms with Gasteiger partial charge in [0.2, 0.25) is 6.29 Å². The minimum atomic E-state index is -2.18. The van der Waals surface area contributed by atoms with Gasteiger partial charge in [0.05, 0.1) is 56.8 Å². The number of aliphatic hydroxyl groups excluding tert-OH is 15. The van der Waals surface area contributed by atoms with Crippen molar-refractivity contribution in [3.8, 4) is 5.75 Å². The molecule has 0 spiro atoms. The molecule has 10 aliphatic rings. The van der Waals surface area contributed by atoms with Gasteiger partial charge < -0.3 is 143 Å². The second-order valence-electron chi connectivity index (χ2n) is 31.7. The van der Waals surface area contributed by atoms with Crippen LogP contribution in [0.1, 0.15) is 112 Å². The fourth-order valence-corrected chi connectivity index (χ4v) is 19.4. The monoisotopic (exact) mass is 1480 g/mol. The van der Waals surface area contributed by atoms with Gasteiger partial charge in [-0.25, -0.2) is 4.79 Å². The first kappa shape index (κ1) is 80.4. The molecule has 11 rings (SSSR count). The second kappa shape index (κ2) is 30.7. The van der Waals surface area contributed by atoms with Crippen LogP contribution in [0.2, 0.25) is 0 Å². The van der Waals surface area contributed by atoms with Gasteiger partial charge in [-0.1, -0.05) is 51.5 Å². The Balaban J connectivity index is 0.960. The Kier molecular flexibility index (Phi) is 23.7. The van der Waals surface area contributed by atoms with Crippen LogP contribution in [0.4, 0.5) is 0 Å². The highest BCUT2D eigenvalue weighted by Gasteiger charge is 2.75. The van der Waals surface area contributed by atoms with E-state index in [0.29, 0.717) is 16.9 Å². The molecule has 4 saturated carbocycles. The molecule has 35 atom stereocenters. The minimum Gasteiger partial charge on any atom is -0.497 e. The number of carbonyl (C=O) groups excluding carboxylic acids is 3. The molecule has 5 saturated heterocycles. The average molecular weight is 1490 g/mol. The maximum Gasteiger partial charge on any atom is 0.331 e. The summed E-state index contributed by atoms with van der Waals surface area (Å²) in [6.07, 6.45) is -43.6. The first-order valence-electron chi connectivity index (χ1n) is 35.6. The zero-order valence-corrected chi connectivity index (χ0v) is 59.4. The lowest BCUT2D eigenvalue weighted by molar-refractivity contribution is -0.391. The molecule has 0 amide bonds. The van der Waals surface area contributed by atoms with E-state index in [1.165, 1.54) is 34.0 Å². The van der Waals surface area contributed by atoms with Crippen molar-refractivity contribution in [2.45, 2.75) is 272 Å². The number of carboxylic acids is 1. The summed E-state index contributed by atoms with van der Waals surface area (Å²) < 4.78 is 78.5. The van der Waals surface area contributed by atoms with Gasteiger partial charge in [0.1, 0.15) is 115 Å². The van der Waals surface area contributed by atoms with Crippen molar-refractivity contribution >= 4 is 30.0 Å². The highest BCUT2D eigenvalue weighted by Crippen LogP contribution is 2.76. The molecular formula is C71H104O33. The van der Waals surface area contributed by atoms with Crippen molar-refractivity contribution in [1.29, 1.82) is 0 Å². The van der Waals surface area contributed by atoms with Gasteiger partial charge in [0.15, 0.2) is 37.4 Å².